The average Bonchev–Trinajstić information content (AvgIpc) is 2.68. The molecule has 92 valence electrons. The fraction of sp³-hybridized carbons (Fsp3) is 0.214. The van der Waals surface area contributed by atoms with Crippen LogP contribution in [0.2, 0.25) is 0 Å². The van der Waals surface area contributed by atoms with Gasteiger partial charge in [-0.3, -0.25) is 0 Å². The second kappa shape index (κ2) is 4.92. The average molecular weight is 243 g/mol. The van der Waals surface area contributed by atoms with E-state index in [1.165, 1.54) is 10.9 Å². The fourth-order valence-electron chi connectivity index (χ4n) is 1.55. The first-order valence-electron chi connectivity index (χ1n) is 5.68. The lowest BCUT2D eigenvalue weighted by Crippen LogP contribution is -2.05. The molecule has 0 amide bonds. The second-order valence-electron chi connectivity index (χ2n) is 4.26. The maximum absolute atomic E-state index is 13.8. The summed E-state index contributed by atoms with van der Waals surface area (Å²) in [6, 6.07) is 7.15. The van der Waals surface area contributed by atoms with Crippen molar-refractivity contribution in [3.8, 4) is 11.8 Å². The van der Waals surface area contributed by atoms with E-state index in [9.17, 15) is 4.39 Å². The summed E-state index contributed by atoms with van der Waals surface area (Å²) in [5.74, 6) is 5.24. The molecule has 0 fully saturated rings. The summed E-state index contributed by atoms with van der Waals surface area (Å²) >= 11 is 0. The Morgan fingerprint density at radius 3 is 2.72 bits per heavy atom. The van der Waals surface area contributed by atoms with Gasteiger partial charge in [0.25, 0.3) is 0 Å². The van der Waals surface area contributed by atoms with Crippen molar-refractivity contribution in [1.29, 1.82) is 0 Å². The molecule has 0 bridgehead atoms. The maximum Gasteiger partial charge on any atom is 0.227 e. The van der Waals surface area contributed by atoms with E-state index < -0.39 is 5.95 Å². The van der Waals surface area contributed by atoms with Crippen LogP contribution in [-0.2, 0) is 0 Å². The van der Waals surface area contributed by atoms with Crippen LogP contribution in [0.3, 0.4) is 0 Å². The Kier molecular flexibility index (Phi) is 3.33. The zero-order valence-electron chi connectivity index (χ0n) is 10.3. The minimum atomic E-state index is -0.401. The van der Waals surface area contributed by atoms with E-state index in [-0.39, 0.29) is 6.04 Å². The quantitative estimate of drug-likeness (QED) is 0.618. The number of benzene rings is 1. The molecule has 1 heterocycles. The number of nitrogen functional groups attached to an aromatic ring is 1. The molecule has 3 nitrogen and oxygen atoms in total. The second-order valence-corrected chi connectivity index (χ2v) is 4.26. The van der Waals surface area contributed by atoms with Gasteiger partial charge in [-0.1, -0.05) is 17.9 Å². The molecule has 0 saturated carbocycles. The van der Waals surface area contributed by atoms with Crippen molar-refractivity contribution in [3.05, 3.63) is 47.5 Å². The predicted octanol–water partition coefficient (Wildman–Crippen LogP) is 2.59. The molecular formula is C14H14FN3. The van der Waals surface area contributed by atoms with Gasteiger partial charge in [-0.2, -0.15) is 9.49 Å². The van der Waals surface area contributed by atoms with Gasteiger partial charge in [0.2, 0.25) is 5.95 Å². The molecule has 0 aliphatic rings. The molecule has 0 unspecified atom stereocenters. The van der Waals surface area contributed by atoms with Crippen LogP contribution in [-0.4, -0.2) is 9.78 Å². The van der Waals surface area contributed by atoms with Gasteiger partial charge in [-0.15, -0.1) is 0 Å². The van der Waals surface area contributed by atoms with Gasteiger partial charge in [0, 0.05) is 17.3 Å². The third kappa shape index (κ3) is 2.51. The standard InChI is InChI=1S/C14H14FN3/c1-10(2)18-14(15)12(9-17-18)7-6-11-4-3-5-13(16)8-11/h3-5,8-10H,16H2,1-2H3. The summed E-state index contributed by atoms with van der Waals surface area (Å²) in [7, 11) is 0. The first-order chi connectivity index (χ1) is 8.58. The number of hydrogen-bond donors (Lipinski definition) is 1. The smallest absolute Gasteiger partial charge is 0.227 e. The molecule has 0 aliphatic carbocycles. The largest absolute Gasteiger partial charge is 0.399 e. The van der Waals surface area contributed by atoms with Crippen molar-refractivity contribution < 1.29 is 4.39 Å². The van der Waals surface area contributed by atoms with Crippen molar-refractivity contribution in [2.75, 3.05) is 5.73 Å². The van der Waals surface area contributed by atoms with E-state index in [2.05, 4.69) is 16.9 Å². The molecule has 1 aromatic carbocycles. The molecule has 1 aromatic heterocycles. The first-order valence-corrected chi connectivity index (χ1v) is 5.68. The Morgan fingerprint density at radius 1 is 1.33 bits per heavy atom. The van der Waals surface area contributed by atoms with Gasteiger partial charge in [0.15, 0.2) is 0 Å². The molecule has 2 aromatic rings. The van der Waals surface area contributed by atoms with E-state index in [0.717, 1.165) is 5.56 Å². The van der Waals surface area contributed by atoms with Gasteiger partial charge in [0.05, 0.1) is 11.8 Å². The summed E-state index contributed by atoms with van der Waals surface area (Å²) in [5, 5.41) is 3.96. The Morgan fingerprint density at radius 2 is 2.11 bits per heavy atom. The highest BCUT2D eigenvalue weighted by atomic mass is 19.1. The minimum Gasteiger partial charge on any atom is -0.399 e. The van der Waals surface area contributed by atoms with Crippen molar-refractivity contribution in [1.82, 2.24) is 9.78 Å². The zero-order valence-corrected chi connectivity index (χ0v) is 10.3. The summed E-state index contributed by atoms with van der Waals surface area (Å²) < 4.78 is 15.1. The van der Waals surface area contributed by atoms with Crippen molar-refractivity contribution in [2.45, 2.75) is 19.9 Å². The van der Waals surface area contributed by atoms with Crippen LogP contribution in [0.15, 0.2) is 30.5 Å². The number of aromatic nitrogens is 2. The first kappa shape index (κ1) is 12.2. The molecule has 18 heavy (non-hydrogen) atoms. The van der Waals surface area contributed by atoms with Gasteiger partial charge in [0.1, 0.15) is 0 Å². The van der Waals surface area contributed by atoms with E-state index >= 15 is 0 Å². The highest BCUT2D eigenvalue weighted by molar-refractivity contribution is 5.49. The highest BCUT2D eigenvalue weighted by Gasteiger charge is 2.10. The van der Waals surface area contributed by atoms with Crippen molar-refractivity contribution in [2.24, 2.45) is 0 Å². The van der Waals surface area contributed by atoms with Crippen LogP contribution >= 0.6 is 0 Å². The zero-order chi connectivity index (χ0) is 13.1. The molecule has 0 aliphatic heterocycles. The Hall–Kier alpha value is -2.28. The third-order valence-corrected chi connectivity index (χ3v) is 2.45. The SMILES string of the molecule is CC(C)n1ncc(C#Cc2cccc(N)c2)c1F. The number of rotatable bonds is 1. The molecule has 0 atom stereocenters. The van der Waals surface area contributed by atoms with Crippen LogP contribution < -0.4 is 5.73 Å². The third-order valence-electron chi connectivity index (χ3n) is 2.45. The van der Waals surface area contributed by atoms with Crippen LogP contribution in [0, 0.1) is 17.8 Å². The predicted molar refractivity (Wildman–Crippen MR) is 69.4 cm³/mol. The Bertz CT molecular complexity index is 617. The van der Waals surface area contributed by atoms with Crippen LogP contribution in [0.4, 0.5) is 10.1 Å². The Balaban J connectivity index is 2.30. The number of halogens is 1. The van der Waals surface area contributed by atoms with Crippen LogP contribution in [0.25, 0.3) is 0 Å². The van der Waals surface area contributed by atoms with Gasteiger partial charge < -0.3 is 5.73 Å². The maximum atomic E-state index is 13.8. The molecular weight excluding hydrogens is 229 g/mol. The number of hydrogen-bond acceptors (Lipinski definition) is 2. The van der Waals surface area contributed by atoms with Crippen molar-refractivity contribution >= 4 is 5.69 Å². The number of anilines is 1. The molecule has 2 N–H and O–H groups in total. The lowest BCUT2D eigenvalue weighted by molar-refractivity contribution is 0.415. The number of nitrogens with two attached hydrogens (primary N) is 1. The van der Waals surface area contributed by atoms with E-state index in [4.69, 9.17) is 5.73 Å². The fourth-order valence-corrected chi connectivity index (χ4v) is 1.55. The monoisotopic (exact) mass is 243 g/mol. The Labute approximate surface area is 105 Å². The lowest BCUT2D eigenvalue weighted by atomic mass is 10.2. The summed E-state index contributed by atoms with van der Waals surface area (Å²) in [4.78, 5) is 0. The topological polar surface area (TPSA) is 43.8 Å². The van der Waals surface area contributed by atoms with Gasteiger partial charge >= 0.3 is 0 Å². The van der Waals surface area contributed by atoms with Gasteiger partial charge in [-0.25, -0.2) is 4.68 Å². The van der Waals surface area contributed by atoms with Crippen LogP contribution in [0.5, 0.6) is 0 Å². The van der Waals surface area contributed by atoms with E-state index in [1.807, 2.05) is 26.0 Å². The molecule has 0 radical (unpaired) electrons. The molecule has 0 spiro atoms. The number of nitrogens with zero attached hydrogens (tertiary/aromatic N) is 2. The molecule has 4 heteroatoms. The van der Waals surface area contributed by atoms with E-state index in [0.29, 0.717) is 11.3 Å². The van der Waals surface area contributed by atoms with Gasteiger partial charge in [-0.05, 0) is 32.0 Å². The lowest BCUT2D eigenvalue weighted by Gasteiger charge is -2.04. The molecule has 2 rings (SSSR count). The normalized spacial score (nSPS) is 10.2. The summed E-state index contributed by atoms with van der Waals surface area (Å²) in [6.45, 7) is 3.73. The van der Waals surface area contributed by atoms with Crippen LogP contribution in [0.1, 0.15) is 31.0 Å². The van der Waals surface area contributed by atoms with Crippen molar-refractivity contribution in [3.63, 3.8) is 0 Å². The summed E-state index contributed by atoms with van der Waals surface area (Å²) in [6.07, 6.45) is 1.44. The molecule has 0 saturated heterocycles. The summed E-state index contributed by atoms with van der Waals surface area (Å²) in [5.41, 5.74) is 7.34. The van der Waals surface area contributed by atoms with E-state index in [1.54, 1.807) is 12.1 Å². The highest BCUT2D eigenvalue weighted by Crippen LogP contribution is 2.11. The minimum absolute atomic E-state index is 0.0204.